The molecule has 3 rings (SSSR count). The van der Waals surface area contributed by atoms with Crippen LogP contribution in [0.3, 0.4) is 0 Å². The number of nitrogens with one attached hydrogen (secondary N) is 1. The molecule has 7 nitrogen and oxygen atoms in total. The number of amides is 1. The zero-order valence-corrected chi connectivity index (χ0v) is 16.3. The van der Waals surface area contributed by atoms with Crippen LogP contribution >= 0.6 is 0 Å². The van der Waals surface area contributed by atoms with Crippen LogP contribution in [-0.4, -0.2) is 42.8 Å². The van der Waals surface area contributed by atoms with E-state index in [2.05, 4.69) is 5.32 Å². The van der Waals surface area contributed by atoms with E-state index in [0.717, 1.165) is 19.3 Å². The minimum Gasteiger partial charge on any atom is -0.478 e. The van der Waals surface area contributed by atoms with E-state index in [4.69, 9.17) is 5.11 Å². The average Bonchev–Trinajstić information content (AvgIpc) is 2.69. The Kier molecular flexibility index (Phi) is 5.81. The quantitative estimate of drug-likeness (QED) is 0.800. The largest absolute Gasteiger partial charge is 0.478 e. The Balaban J connectivity index is 1.83. The molecule has 0 spiro atoms. The number of carboxylic acid groups (broad SMARTS) is 1. The number of nitrogens with zero attached hydrogens (tertiary/aromatic N) is 1. The van der Waals surface area contributed by atoms with E-state index < -0.39 is 21.9 Å². The second-order valence-corrected chi connectivity index (χ2v) is 8.69. The number of aromatic carboxylic acids is 1. The summed E-state index contributed by atoms with van der Waals surface area (Å²) in [6, 6.07) is 10.4. The molecule has 0 aliphatic carbocycles. The number of hydrogen-bond donors (Lipinski definition) is 2. The number of piperidine rings is 1. The van der Waals surface area contributed by atoms with Gasteiger partial charge in [0.05, 0.1) is 10.5 Å². The molecule has 2 aromatic carbocycles. The Morgan fingerprint density at radius 2 is 1.57 bits per heavy atom. The fourth-order valence-electron chi connectivity index (χ4n) is 3.16. The van der Waals surface area contributed by atoms with E-state index in [1.54, 1.807) is 19.1 Å². The highest BCUT2D eigenvalue weighted by Crippen LogP contribution is 2.25. The lowest BCUT2D eigenvalue weighted by Gasteiger charge is -2.26. The third kappa shape index (κ3) is 4.23. The number of sulfonamides is 1. The van der Waals surface area contributed by atoms with E-state index >= 15 is 0 Å². The Hall–Kier alpha value is -2.71. The first-order chi connectivity index (χ1) is 13.3. The van der Waals surface area contributed by atoms with Gasteiger partial charge in [-0.2, -0.15) is 4.31 Å². The van der Waals surface area contributed by atoms with Crippen molar-refractivity contribution in [2.75, 3.05) is 18.4 Å². The van der Waals surface area contributed by atoms with Crippen molar-refractivity contribution in [3.8, 4) is 0 Å². The molecule has 0 unspecified atom stereocenters. The molecule has 0 radical (unpaired) electrons. The van der Waals surface area contributed by atoms with Crippen LogP contribution in [0.1, 0.15) is 45.5 Å². The molecule has 0 saturated carbocycles. The van der Waals surface area contributed by atoms with Crippen molar-refractivity contribution in [1.29, 1.82) is 0 Å². The Bertz CT molecular complexity index is 994. The number of anilines is 1. The highest BCUT2D eigenvalue weighted by molar-refractivity contribution is 7.89. The molecule has 28 heavy (non-hydrogen) atoms. The Morgan fingerprint density at radius 1 is 0.964 bits per heavy atom. The minimum absolute atomic E-state index is 0.114. The maximum Gasteiger partial charge on any atom is 0.335 e. The van der Waals surface area contributed by atoms with Crippen LogP contribution in [0, 0.1) is 6.92 Å². The van der Waals surface area contributed by atoms with Crippen molar-refractivity contribution in [1.82, 2.24) is 4.31 Å². The topological polar surface area (TPSA) is 104 Å². The van der Waals surface area contributed by atoms with Gasteiger partial charge in [0.2, 0.25) is 10.0 Å². The Labute approximate surface area is 164 Å². The van der Waals surface area contributed by atoms with Gasteiger partial charge in [-0.05, 0) is 61.7 Å². The second kappa shape index (κ2) is 8.12. The Morgan fingerprint density at radius 3 is 2.18 bits per heavy atom. The van der Waals surface area contributed by atoms with E-state index in [-0.39, 0.29) is 16.0 Å². The number of carbonyl (C=O) groups is 2. The molecule has 8 heteroatoms. The number of benzene rings is 2. The molecule has 1 aliphatic heterocycles. The summed E-state index contributed by atoms with van der Waals surface area (Å²) in [5.41, 5.74) is 1.36. The lowest BCUT2D eigenvalue weighted by atomic mass is 10.1. The highest BCUT2D eigenvalue weighted by atomic mass is 32.2. The third-order valence-corrected chi connectivity index (χ3v) is 6.81. The first-order valence-corrected chi connectivity index (χ1v) is 10.5. The van der Waals surface area contributed by atoms with E-state index in [9.17, 15) is 18.0 Å². The van der Waals surface area contributed by atoms with Gasteiger partial charge >= 0.3 is 5.97 Å². The molecule has 1 saturated heterocycles. The number of hydrogen-bond acceptors (Lipinski definition) is 4. The highest BCUT2D eigenvalue weighted by Gasteiger charge is 2.28. The molecular formula is C20H22N2O5S. The molecule has 1 amide bonds. The zero-order valence-electron chi connectivity index (χ0n) is 15.5. The first-order valence-electron chi connectivity index (χ1n) is 9.04. The van der Waals surface area contributed by atoms with Gasteiger partial charge in [-0.3, -0.25) is 4.79 Å². The van der Waals surface area contributed by atoms with Crippen molar-refractivity contribution in [2.24, 2.45) is 0 Å². The van der Waals surface area contributed by atoms with Crippen molar-refractivity contribution in [3.63, 3.8) is 0 Å². The number of carbonyl (C=O) groups excluding carboxylic acids is 1. The summed E-state index contributed by atoms with van der Waals surface area (Å²) in [6.45, 7) is 2.70. The van der Waals surface area contributed by atoms with Gasteiger partial charge in [0, 0.05) is 24.3 Å². The first kappa shape index (κ1) is 20.0. The smallest absolute Gasteiger partial charge is 0.335 e. The SMILES string of the molecule is Cc1ccc(C(=O)Nc2ccc(C(=O)O)cc2)cc1S(=O)(=O)N1CCCCC1. The summed E-state index contributed by atoms with van der Waals surface area (Å²) >= 11 is 0. The molecule has 2 N–H and O–H groups in total. The fraction of sp³-hybridized carbons (Fsp3) is 0.300. The molecular weight excluding hydrogens is 380 g/mol. The van der Waals surface area contributed by atoms with E-state index in [1.165, 1.54) is 34.6 Å². The summed E-state index contributed by atoms with van der Waals surface area (Å²) in [5, 5.41) is 11.6. The molecule has 2 aromatic rings. The monoisotopic (exact) mass is 402 g/mol. The summed E-state index contributed by atoms with van der Waals surface area (Å²) in [6.07, 6.45) is 2.70. The van der Waals surface area contributed by atoms with Gasteiger partial charge in [0.1, 0.15) is 0 Å². The molecule has 1 heterocycles. The molecule has 1 aliphatic rings. The van der Waals surface area contributed by atoms with Crippen molar-refractivity contribution in [3.05, 3.63) is 59.2 Å². The zero-order chi connectivity index (χ0) is 20.3. The van der Waals surface area contributed by atoms with Crippen LogP contribution < -0.4 is 5.32 Å². The van der Waals surface area contributed by atoms with Crippen molar-refractivity contribution < 1.29 is 23.1 Å². The lowest BCUT2D eigenvalue weighted by Crippen LogP contribution is -2.36. The van der Waals surface area contributed by atoms with Crippen molar-refractivity contribution in [2.45, 2.75) is 31.1 Å². The molecule has 148 valence electrons. The summed E-state index contributed by atoms with van der Waals surface area (Å²) in [7, 11) is -3.65. The van der Waals surface area contributed by atoms with Crippen LogP contribution in [0.5, 0.6) is 0 Å². The van der Waals surface area contributed by atoms with Crippen LogP contribution in [0.15, 0.2) is 47.4 Å². The minimum atomic E-state index is -3.65. The molecule has 1 fully saturated rings. The van der Waals surface area contributed by atoms with Gasteiger partial charge in [0.15, 0.2) is 0 Å². The molecule has 0 atom stereocenters. The van der Waals surface area contributed by atoms with E-state index in [1.807, 2.05) is 0 Å². The van der Waals surface area contributed by atoms with Gasteiger partial charge in [-0.15, -0.1) is 0 Å². The summed E-state index contributed by atoms with van der Waals surface area (Å²) in [4.78, 5) is 23.6. The second-order valence-electron chi connectivity index (χ2n) is 6.78. The van der Waals surface area contributed by atoms with Crippen LogP contribution in [-0.2, 0) is 10.0 Å². The fourth-order valence-corrected chi connectivity index (χ4v) is 4.93. The standard InChI is InChI=1S/C20H22N2O5S/c1-14-5-6-16(13-18(14)28(26,27)22-11-3-2-4-12-22)19(23)21-17-9-7-15(8-10-17)20(24)25/h5-10,13H,2-4,11-12H2,1H3,(H,21,23)(H,24,25). The third-order valence-electron chi connectivity index (χ3n) is 4.77. The van der Waals surface area contributed by atoms with Crippen molar-refractivity contribution >= 4 is 27.6 Å². The predicted octanol–water partition coefficient (Wildman–Crippen LogP) is 3.12. The van der Waals surface area contributed by atoms with Crippen LogP contribution in [0.25, 0.3) is 0 Å². The maximum absolute atomic E-state index is 13.0. The van der Waals surface area contributed by atoms with Crippen LogP contribution in [0.4, 0.5) is 5.69 Å². The van der Waals surface area contributed by atoms with Gasteiger partial charge in [-0.25, -0.2) is 13.2 Å². The maximum atomic E-state index is 13.0. The molecule has 0 aromatic heterocycles. The number of rotatable bonds is 5. The van der Waals surface area contributed by atoms with Crippen LogP contribution in [0.2, 0.25) is 0 Å². The van der Waals surface area contributed by atoms with E-state index in [0.29, 0.717) is 24.3 Å². The normalized spacial score (nSPS) is 15.2. The van der Waals surface area contributed by atoms with Gasteiger partial charge < -0.3 is 10.4 Å². The summed E-state index contributed by atoms with van der Waals surface area (Å²) < 4.78 is 27.4. The lowest BCUT2D eigenvalue weighted by molar-refractivity contribution is 0.0696. The number of aryl methyl sites for hydroxylation is 1. The number of carboxylic acids is 1. The van der Waals surface area contributed by atoms with Gasteiger partial charge in [-0.1, -0.05) is 12.5 Å². The average molecular weight is 402 g/mol. The van der Waals surface area contributed by atoms with Gasteiger partial charge in [0.25, 0.3) is 5.91 Å². The molecule has 0 bridgehead atoms. The predicted molar refractivity (Wildman–Crippen MR) is 105 cm³/mol. The summed E-state index contributed by atoms with van der Waals surface area (Å²) in [5.74, 6) is -1.51.